The number of nitrogens with two attached hydrogens (primary N) is 1. The maximum Gasteiger partial charge on any atom is 0.321 e. The molecule has 190 valence electrons. The molecule has 13 heteroatoms. The molecule has 2 aromatic rings. The molecule has 0 spiro atoms. The van der Waals surface area contributed by atoms with Gasteiger partial charge < -0.3 is 25.4 Å². The Balaban J connectivity index is 1.41. The van der Waals surface area contributed by atoms with E-state index in [-0.39, 0.29) is 36.7 Å². The van der Waals surface area contributed by atoms with E-state index in [2.05, 4.69) is 30.2 Å². The fourth-order valence-corrected chi connectivity index (χ4v) is 3.62. The smallest absolute Gasteiger partial charge is 0.321 e. The van der Waals surface area contributed by atoms with E-state index in [1.165, 1.54) is 12.5 Å². The minimum absolute atomic E-state index is 0.118. The Hall–Kier alpha value is -3.38. The average Bonchev–Trinajstić information content (AvgIpc) is 3.42. The summed E-state index contributed by atoms with van der Waals surface area (Å²) < 4.78 is 37.7. The van der Waals surface area contributed by atoms with E-state index in [0.29, 0.717) is 31.3 Å². The Morgan fingerprint density at radius 3 is 2.54 bits per heavy atom. The lowest BCUT2D eigenvalue weighted by atomic mass is 9.98. The molecule has 0 radical (unpaired) electrons. The molecule has 3 N–H and O–H groups in total. The molecular formula is C22H30F2N8O3. The number of carbonyl (C=O) groups is 1. The Labute approximate surface area is 201 Å². The monoisotopic (exact) mass is 492 g/mol. The van der Waals surface area contributed by atoms with Gasteiger partial charge in [-0.05, 0) is 39.5 Å². The van der Waals surface area contributed by atoms with Gasteiger partial charge in [-0.2, -0.15) is 15.0 Å². The number of hydrogen-bond donors (Lipinski definition) is 2. The molecule has 11 nitrogen and oxygen atoms in total. The lowest BCUT2D eigenvalue weighted by Gasteiger charge is -2.32. The minimum Gasteiger partial charge on any atom is -0.488 e. The summed E-state index contributed by atoms with van der Waals surface area (Å²) in [6.45, 7) is 6.97. The summed E-state index contributed by atoms with van der Waals surface area (Å²) in [5, 5.41) is 2.80. The van der Waals surface area contributed by atoms with Gasteiger partial charge in [0.2, 0.25) is 11.8 Å². The molecule has 1 aliphatic heterocycles. The van der Waals surface area contributed by atoms with Crippen LogP contribution in [0.5, 0.6) is 11.8 Å². The van der Waals surface area contributed by atoms with E-state index < -0.39 is 23.3 Å². The maximum absolute atomic E-state index is 13.3. The molecule has 0 bridgehead atoms. The van der Waals surface area contributed by atoms with Crippen LogP contribution in [0.15, 0.2) is 12.5 Å². The molecule has 2 aliphatic rings. The van der Waals surface area contributed by atoms with Crippen LogP contribution in [-0.4, -0.2) is 68.6 Å². The summed E-state index contributed by atoms with van der Waals surface area (Å²) in [4.78, 5) is 35.2. The molecule has 2 aromatic heterocycles. The van der Waals surface area contributed by atoms with Crippen molar-refractivity contribution in [2.75, 3.05) is 36.9 Å². The molecule has 1 aliphatic carbocycles. The summed E-state index contributed by atoms with van der Waals surface area (Å²) in [5.41, 5.74) is 5.29. The molecule has 1 unspecified atom stereocenters. The molecule has 1 saturated carbocycles. The van der Waals surface area contributed by atoms with Gasteiger partial charge in [-0.1, -0.05) is 0 Å². The summed E-state index contributed by atoms with van der Waals surface area (Å²) >= 11 is 0. The maximum atomic E-state index is 13.3. The van der Waals surface area contributed by atoms with E-state index in [4.69, 9.17) is 15.2 Å². The highest BCUT2D eigenvalue weighted by Crippen LogP contribution is 2.48. The number of nitrogens with zero attached hydrogens (tertiary/aromatic N) is 6. The van der Waals surface area contributed by atoms with Gasteiger partial charge in [0, 0.05) is 25.0 Å². The third-order valence-corrected chi connectivity index (χ3v) is 5.74. The Kier molecular flexibility index (Phi) is 6.86. The third kappa shape index (κ3) is 6.61. The zero-order valence-electron chi connectivity index (χ0n) is 20.0. The second-order valence-corrected chi connectivity index (χ2v) is 9.93. The van der Waals surface area contributed by atoms with Crippen molar-refractivity contribution in [3.8, 4) is 11.8 Å². The molecule has 1 saturated heterocycles. The van der Waals surface area contributed by atoms with Gasteiger partial charge in [0.1, 0.15) is 12.9 Å². The number of nitrogen functional groups attached to an aromatic ring is 1. The topological polar surface area (TPSA) is 141 Å². The van der Waals surface area contributed by atoms with Crippen LogP contribution in [0.1, 0.15) is 50.7 Å². The van der Waals surface area contributed by atoms with E-state index >= 15 is 0 Å². The normalized spacial score (nSPS) is 19.8. The van der Waals surface area contributed by atoms with E-state index in [1.54, 1.807) is 0 Å². The fraction of sp³-hybridized carbons (Fsp3) is 0.636. The van der Waals surface area contributed by atoms with Crippen LogP contribution in [-0.2, 0) is 0 Å². The van der Waals surface area contributed by atoms with Crippen molar-refractivity contribution in [2.24, 2.45) is 11.8 Å². The van der Waals surface area contributed by atoms with Gasteiger partial charge in [0.25, 0.3) is 11.8 Å². The molecule has 0 aromatic carbocycles. The summed E-state index contributed by atoms with van der Waals surface area (Å²) in [7, 11) is 0. The number of anilines is 2. The SMILES string of the molecule is CC(C)(C)NC(=O)c1nc(OCC2CC2(F)F)nc(N2CCC(COc3cncnc3N)CC2)n1. The van der Waals surface area contributed by atoms with E-state index in [1.807, 2.05) is 25.7 Å². The minimum atomic E-state index is -2.72. The Morgan fingerprint density at radius 2 is 1.91 bits per heavy atom. The van der Waals surface area contributed by atoms with Crippen LogP contribution in [0, 0.1) is 11.8 Å². The predicted molar refractivity (Wildman–Crippen MR) is 122 cm³/mol. The highest BCUT2D eigenvalue weighted by molar-refractivity contribution is 5.91. The van der Waals surface area contributed by atoms with E-state index in [0.717, 1.165) is 12.8 Å². The van der Waals surface area contributed by atoms with Crippen molar-refractivity contribution in [3.63, 3.8) is 0 Å². The largest absolute Gasteiger partial charge is 0.488 e. The number of rotatable bonds is 8. The van der Waals surface area contributed by atoms with Gasteiger partial charge in [0.05, 0.1) is 18.7 Å². The van der Waals surface area contributed by atoms with Gasteiger partial charge in [-0.15, -0.1) is 0 Å². The number of nitrogens with one attached hydrogen (secondary N) is 1. The Morgan fingerprint density at radius 1 is 1.20 bits per heavy atom. The number of carbonyl (C=O) groups excluding carboxylic acids is 1. The van der Waals surface area contributed by atoms with Gasteiger partial charge in [0.15, 0.2) is 11.6 Å². The molecule has 4 rings (SSSR count). The van der Waals surface area contributed by atoms with Crippen LogP contribution in [0.25, 0.3) is 0 Å². The second-order valence-electron chi connectivity index (χ2n) is 9.93. The number of halogens is 2. The average molecular weight is 493 g/mol. The molecule has 1 atom stereocenters. The quantitative estimate of drug-likeness (QED) is 0.563. The van der Waals surface area contributed by atoms with Crippen molar-refractivity contribution in [2.45, 2.75) is 51.5 Å². The number of hydrogen-bond acceptors (Lipinski definition) is 10. The number of alkyl halides is 2. The summed E-state index contributed by atoms with van der Waals surface area (Å²) in [6.07, 6.45) is 4.24. The number of piperidine rings is 1. The Bertz CT molecular complexity index is 1060. The summed E-state index contributed by atoms with van der Waals surface area (Å²) in [6, 6.07) is -0.137. The van der Waals surface area contributed by atoms with Gasteiger partial charge >= 0.3 is 6.01 Å². The lowest BCUT2D eigenvalue weighted by molar-refractivity contribution is 0.0832. The van der Waals surface area contributed by atoms with Gasteiger partial charge in [-0.3, -0.25) is 4.79 Å². The summed E-state index contributed by atoms with van der Waals surface area (Å²) in [5.74, 6) is -2.91. The van der Waals surface area contributed by atoms with Crippen molar-refractivity contribution in [1.82, 2.24) is 30.2 Å². The molecule has 3 heterocycles. The first-order valence-electron chi connectivity index (χ1n) is 11.5. The van der Waals surface area contributed by atoms with Crippen molar-refractivity contribution < 1.29 is 23.0 Å². The van der Waals surface area contributed by atoms with Crippen LogP contribution in [0.3, 0.4) is 0 Å². The van der Waals surface area contributed by atoms with Crippen LogP contribution < -0.4 is 25.4 Å². The molecular weight excluding hydrogens is 462 g/mol. The first kappa shape index (κ1) is 24.7. The number of amides is 1. The standard InChI is InChI=1S/C22H30F2N8O3/c1-21(2,3)31-18(33)17-28-19(30-20(29-17)35-11-14-8-22(14,23)24)32-6-4-13(5-7-32)10-34-15-9-26-12-27-16(15)25/h9,12-14H,4-8,10-11H2,1-3H3,(H,31,33)(H2,25,26,27). The van der Waals surface area contributed by atoms with E-state index in [9.17, 15) is 13.6 Å². The highest BCUT2D eigenvalue weighted by atomic mass is 19.3. The van der Waals surface area contributed by atoms with Crippen molar-refractivity contribution >= 4 is 17.7 Å². The fourth-order valence-electron chi connectivity index (χ4n) is 3.62. The first-order chi connectivity index (χ1) is 16.5. The van der Waals surface area contributed by atoms with Crippen molar-refractivity contribution in [3.05, 3.63) is 18.3 Å². The predicted octanol–water partition coefficient (Wildman–Crippen LogP) is 2.10. The van der Waals surface area contributed by atoms with Gasteiger partial charge in [-0.25, -0.2) is 18.7 Å². The molecule has 1 amide bonds. The van der Waals surface area contributed by atoms with Crippen molar-refractivity contribution in [1.29, 1.82) is 0 Å². The number of aromatic nitrogens is 5. The van der Waals surface area contributed by atoms with Crippen LogP contribution >= 0.6 is 0 Å². The number of ether oxygens (including phenoxy) is 2. The first-order valence-corrected chi connectivity index (χ1v) is 11.5. The third-order valence-electron chi connectivity index (χ3n) is 5.74. The zero-order chi connectivity index (χ0) is 25.2. The lowest BCUT2D eigenvalue weighted by Crippen LogP contribution is -2.42. The van der Waals surface area contributed by atoms with Crippen LogP contribution in [0.2, 0.25) is 0 Å². The second kappa shape index (κ2) is 9.70. The van der Waals surface area contributed by atoms with Crippen LogP contribution in [0.4, 0.5) is 20.5 Å². The highest BCUT2D eigenvalue weighted by Gasteiger charge is 2.57. The molecule has 35 heavy (non-hydrogen) atoms. The molecule has 2 fully saturated rings. The zero-order valence-corrected chi connectivity index (χ0v) is 20.0.